The van der Waals surface area contributed by atoms with E-state index in [1.165, 1.54) is 0 Å². The first-order valence-corrected chi connectivity index (χ1v) is 7.23. The van der Waals surface area contributed by atoms with Crippen molar-refractivity contribution < 1.29 is 14.3 Å². The van der Waals surface area contributed by atoms with Gasteiger partial charge in [0.1, 0.15) is 11.9 Å². The number of carbonyl (C=O) groups is 2. The molecule has 1 saturated carbocycles. The lowest BCUT2D eigenvalue weighted by atomic mass is 10.0. The number of hydrogen-bond donors (Lipinski definition) is 0. The molecule has 110 valence electrons. The number of amides is 1. The molecule has 4 heteroatoms. The summed E-state index contributed by atoms with van der Waals surface area (Å²) in [6.45, 7) is 9.48. The molecule has 0 aliphatic heterocycles. The normalized spacial score (nSPS) is 18.4. The van der Waals surface area contributed by atoms with Crippen LogP contribution >= 0.6 is 0 Å². The van der Waals surface area contributed by atoms with E-state index in [1.54, 1.807) is 4.90 Å². The summed E-state index contributed by atoms with van der Waals surface area (Å²) >= 11 is 0. The molecule has 1 amide bonds. The zero-order valence-corrected chi connectivity index (χ0v) is 12.8. The maximum Gasteiger partial charge on any atom is 0.411 e. The molecule has 0 heterocycles. The van der Waals surface area contributed by atoms with Crippen molar-refractivity contribution in [2.45, 2.75) is 78.0 Å². The molecule has 0 aromatic heterocycles. The molecule has 0 radical (unpaired) electrons. The van der Waals surface area contributed by atoms with Gasteiger partial charge in [0, 0.05) is 6.04 Å². The van der Waals surface area contributed by atoms with Crippen LogP contribution in [0.25, 0.3) is 0 Å². The van der Waals surface area contributed by atoms with Gasteiger partial charge in [-0.3, -0.25) is 4.90 Å². The molecule has 0 aromatic rings. The third-order valence-electron chi connectivity index (χ3n) is 3.47. The van der Waals surface area contributed by atoms with E-state index in [0.29, 0.717) is 0 Å². The van der Waals surface area contributed by atoms with Gasteiger partial charge >= 0.3 is 6.09 Å². The predicted molar refractivity (Wildman–Crippen MR) is 75.0 cm³/mol. The monoisotopic (exact) mass is 269 g/mol. The summed E-state index contributed by atoms with van der Waals surface area (Å²) in [5.74, 6) is 0.102. The third-order valence-corrected chi connectivity index (χ3v) is 3.47. The van der Waals surface area contributed by atoms with Gasteiger partial charge in [0.2, 0.25) is 0 Å². The molecular formula is C15H27NO3. The van der Waals surface area contributed by atoms with Crippen LogP contribution in [0.4, 0.5) is 4.79 Å². The average Bonchev–Trinajstić information content (AvgIpc) is 2.75. The Labute approximate surface area is 116 Å². The molecule has 1 atom stereocenters. The van der Waals surface area contributed by atoms with Crippen LogP contribution in [0.5, 0.6) is 0 Å². The SMILES string of the molecule is CC(C)C(C=O)N(C(=O)OC(C)(C)C)C1CCCC1. The molecule has 4 nitrogen and oxygen atoms in total. The second kappa shape index (κ2) is 6.40. The first-order chi connectivity index (χ1) is 8.76. The average molecular weight is 269 g/mol. The van der Waals surface area contributed by atoms with E-state index in [4.69, 9.17) is 4.74 Å². The molecule has 1 fully saturated rings. The van der Waals surface area contributed by atoms with E-state index in [-0.39, 0.29) is 18.1 Å². The summed E-state index contributed by atoms with van der Waals surface area (Å²) < 4.78 is 5.47. The lowest BCUT2D eigenvalue weighted by Crippen LogP contribution is -2.51. The molecule has 1 unspecified atom stereocenters. The largest absolute Gasteiger partial charge is 0.444 e. The van der Waals surface area contributed by atoms with E-state index in [9.17, 15) is 9.59 Å². The quantitative estimate of drug-likeness (QED) is 0.735. The second-order valence-electron chi connectivity index (χ2n) is 6.70. The van der Waals surface area contributed by atoms with E-state index in [2.05, 4.69) is 0 Å². The molecular weight excluding hydrogens is 242 g/mol. The Bertz CT molecular complexity index is 314. The first-order valence-electron chi connectivity index (χ1n) is 7.23. The molecule has 1 aliphatic carbocycles. The minimum atomic E-state index is -0.529. The standard InChI is InChI=1S/C15H27NO3/c1-11(2)13(10-17)16(12-8-6-7-9-12)14(18)19-15(3,4)5/h10-13H,6-9H2,1-5H3. The molecule has 1 rings (SSSR count). The number of nitrogens with zero attached hydrogens (tertiary/aromatic N) is 1. The van der Waals surface area contributed by atoms with E-state index >= 15 is 0 Å². The Morgan fingerprint density at radius 2 is 1.79 bits per heavy atom. The van der Waals surface area contributed by atoms with Crippen molar-refractivity contribution in [3.8, 4) is 0 Å². The van der Waals surface area contributed by atoms with Crippen LogP contribution in [-0.4, -0.2) is 35.0 Å². The van der Waals surface area contributed by atoms with Crippen molar-refractivity contribution >= 4 is 12.4 Å². The minimum absolute atomic E-state index is 0.102. The van der Waals surface area contributed by atoms with E-state index < -0.39 is 11.6 Å². The number of ether oxygens (including phenoxy) is 1. The van der Waals surface area contributed by atoms with Crippen LogP contribution in [0.3, 0.4) is 0 Å². The van der Waals surface area contributed by atoms with Crippen LogP contribution in [0.1, 0.15) is 60.3 Å². The Hall–Kier alpha value is -1.06. The second-order valence-corrected chi connectivity index (χ2v) is 6.70. The summed E-state index contributed by atoms with van der Waals surface area (Å²) in [6, 6.07) is -0.245. The lowest BCUT2D eigenvalue weighted by molar-refractivity contribution is -0.114. The van der Waals surface area contributed by atoms with Gasteiger partial charge in [-0.05, 0) is 39.5 Å². The molecule has 0 bridgehead atoms. The summed E-state index contributed by atoms with van der Waals surface area (Å²) in [4.78, 5) is 25.4. The maximum atomic E-state index is 12.4. The van der Waals surface area contributed by atoms with Gasteiger partial charge in [-0.15, -0.1) is 0 Å². The van der Waals surface area contributed by atoms with Gasteiger partial charge in [-0.1, -0.05) is 26.7 Å². The first kappa shape index (κ1) is 16.0. The van der Waals surface area contributed by atoms with Crippen molar-refractivity contribution in [1.82, 2.24) is 4.90 Å². The van der Waals surface area contributed by atoms with Crippen molar-refractivity contribution in [3.05, 3.63) is 0 Å². The van der Waals surface area contributed by atoms with E-state index in [1.807, 2.05) is 34.6 Å². The van der Waals surface area contributed by atoms with E-state index in [0.717, 1.165) is 32.0 Å². The smallest absolute Gasteiger partial charge is 0.411 e. The zero-order valence-electron chi connectivity index (χ0n) is 12.8. The molecule has 0 spiro atoms. The van der Waals surface area contributed by atoms with Crippen LogP contribution in [-0.2, 0) is 9.53 Å². The number of carbonyl (C=O) groups excluding carboxylic acids is 2. The van der Waals surface area contributed by atoms with Gasteiger partial charge < -0.3 is 9.53 Å². The topological polar surface area (TPSA) is 46.6 Å². The van der Waals surface area contributed by atoms with Crippen molar-refractivity contribution in [2.75, 3.05) is 0 Å². The van der Waals surface area contributed by atoms with Gasteiger partial charge in [0.05, 0.1) is 6.04 Å². The van der Waals surface area contributed by atoms with Gasteiger partial charge in [-0.25, -0.2) is 4.79 Å². The van der Waals surface area contributed by atoms with Crippen LogP contribution < -0.4 is 0 Å². The Morgan fingerprint density at radius 3 is 2.16 bits per heavy atom. The molecule has 0 N–H and O–H groups in total. The van der Waals surface area contributed by atoms with Gasteiger partial charge in [0.25, 0.3) is 0 Å². The molecule has 1 aliphatic rings. The zero-order chi connectivity index (χ0) is 14.6. The van der Waals surface area contributed by atoms with Crippen LogP contribution in [0.2, 0.25) is 0 Å². The minimum Gasteiger partial charge on any atom is -0.444 e. The fraction of sp³-hybridized carbons (Fsp3) is 0.867. The molecule has 19 heavy (non-hydrogen) atoms. The predicted octanol–water partition coefficient (Wildman–Crippen LogP) is 3.39. The highest BCUT2D eigenvalue weighted by molar-refractivity contribution is 5.74. The summed E-state index contributed by atoms with van der Waals surface area (Å²) in [7, 11) is 0. The van der Waals surface area contributed by atoms with Crippen molar-refractivity contribution in [1.29, 1.82) is 0 Å². The Balaban J connectivity index is 2.90. The Morgan fingerprint density at radius 1 is 1.26 bits per heavy atom. The van der Waals surface area contributed by atoms with Crippen LogP contribution in [0, 0.1) is 5.92 Å². The molecule has 0 aromatic carbocycles. The van der Waals surface area contributed by atoms with Crippen molar-refractivity contribution in [2.24, 2.45) is 5.92 Å². The maximum absolute atomic E-state index is 12.4. The molecule has 0 saturated heterocycles. The van der Waals surface area contributed by atoms with Gasteiger partial charge in [-0.2, -0.15) is 0 Å². The number of rotatable bonds is 4. The summed E-state index contributed by atoms with van der Waals surface area (Å²) in [5.41, 5.74) is -0.529. The number of aldehydes is 1. The highest BCUT2D eigenvalue weighted by atomic mass is 16.6. The fourth-order valence-corrected chi connectivity index (χ4v) is 2.56. The van der Waals surface area contributed by atoms with Crippen molar-refractivity contribution in [3.63, 3.8) is 0 Å². The highest BCUT2D eigenvalue weighted by Gasteiger charge is 2.36. The lowest BCUT2D eigenvalue weighted by Gasteiger charge is -2.36. The summed E-state index contributed by atoms with van der Waals surface area (Å²) in [5, 5.41) is 0. The fourth-order valence-electron chi connectivity index (χ4n) is 2.56. The highest BCUT2D eigenvalue weighted by Crippen LogP contribution is 2.28. The van der Waals surface area contributed by atoms with Crippen LogP contribution in [0.15, 0.2) is 0 Å². The summed E-state index contributed by atoms with van der Waals surface area (Å²) in [6.07, 6.45) is 4.70. The van der Waals surface area contributed by atoms with Gasteiger partial charge in [0.15, 0.2) is 0 Å². The number of hydrogen-bond acceptors (Lipinski definition) is 3. The third kappa shape index (κ3) is 4.51. The Kier molecular flexibility index (Phi) is 5.39.